The molecule has 114 valence electrons. The van der Waals surface area contributed by atoms with E-state index >= 15 is 0 Å². The summed E-state index contributed by atoms with van der Waals surface area (Å²) in [5, 5.41) is 5.73. The van der Waals surface area contributed by atoms with E-state index in [0.717, 1.165) is 19.4 Å². The van der Waals surface area contributed by atoms with Crippen LogP contribution in [-0.2, 0) is 14.3 Å². The van der Waals surface area contributed by atoms with Crippen molar-refractivity contribution in [3.63, 3.8) is 0 Å². The molecule has 0 aromatic heterocycles. The van der Waals surface area contributed by atoms with Crippen molar-refractivity contribution >= 4 is 24.2 Å². The van der Waals surface area contributed by atoms with Gasteiger partial charge in [0.25, 0.3) is 0 Å². The van der Waals surface area contributed by atoms with Crippen LogP contribution in [0.4, 0.5) is 0 Å². The van der Waals surface area contributed by atoms with Gasteiger partial charge in [-0.1, -0.05) is 0 Å². The van der Waals surface area contributed by atoms with Crippen LogP contribution in [0.3, 0.4) is 0 Å². The molecule has 2 N–H and O–H groups in total. The molecule has 0 rings (SSSR count). The summed E-state index contributed by atoms with van der Waals surface area (Å²) >= 11 is 0. The number of carbonyl (C=O) groups is 2. The largest absolute Gasteiger partial charge is 0.385 e. The van der Waals surface area contributed by atoms with Gasteiger partial charge in [-0.3, -0.25) is 9.59 Å². The van der Waals surface area contributed by atoms with Crippen LogP contribution in [0.2, 0.25) is 0 Å². The zero-order valence-corrected chi connectivity index (χ0v) is 12.8. The molecule has 2 amide bonds. The number of amides is 2. The fourth-order valence-electron chi connectivity index (χ4n) is 1.41. The molecule has 0 saturated heterocycles. The fraction of sp³-hybridized carbons (Fsp3) is 0.833. The number of ether oxygens (including phenoxy) is 1. The van der Waals surface area contributed by atoms with E-state index in [1.165, 1.54) is 4.90 Å². The lowest BCUT2D eigenvalue weighted by Crippen LogP contribution is -2.38. The molecule has 6 nitrogen and oxygen atoms in total. The van der Waals surface area contributed by atoms with Gasteiger partial charge < -0.3 is 20.3 Å². The fourth-order valence-corrected chi connectivity index (χ4v) is 1.41. The summed E-state index contributed by atoms with van der Waals surface area (Å²) in [7, 11) is 5.12. The molecule has 0 radical (unpaired) electrons. The maximum atomic E-state index is 11.6. The average Bonchev–Trinajstić information content (AvgIpc) is 2.34. The number of nitrogens with zero attached hydrogens (tertiary/aromatic N) is 1. The lowest BCUT2D eigenvalue weighted by molar-refractivity contribution is -0.134. The van der Waals surface area contributed by atoms with E-state index in [0.29, 0.717) is 19.6 Å². The van der Waals surface area contributed by atoms with Crippen LogP contribution in [0.1, 0.15) is 19.3 Å². The predicted molar refractivity (Wildman–Crippen MR) is 77.5 cm³/mol. The van der Waals surface area contributed by atoms with Crippen LogP contribution in [0.25, 0.3) is 0 Å². The first-order chi connectivity index (χ1) is 8.61. The number of hydrogen-bond acceptors (Lipinski definition) is 4. The Labute approximate surface area is 121 Å². The molecule has 0 aliphatic carbocycles. The van der Waals surface area contributed by atoms with Gasteiger partial charge in [-0.25, -0.2) is 0 Å². The van der Waals surface area contributed by atoms with Gasteiger partial charge in [0.1, 0.15) is 0 Å². The third kappa shape index (κ3) is 11.9. The Morgan fingerprint density at radius 3 is 2.47 bits per heavy atom. The number of hydrogen-bond donors (Lipinski definition) is 2. The van der Waals surface area contributed by atoms with E-state index in [1.807, 2.05) is 7.05 Å². The van der Waals surface area contributed by atoms with Gasteiger partial charge in [-0.2, -0.15) is 0 Å². The zero-order chi connectivity index (χ0) is 13.8. The van der Waals surface area contributed by atoms with E-state index in [4.69, 9.17) is 4.74 Å². The molecule has 0 atom stereocenters. The van der Waals surface area contributed by atoms with Crippen LogP contribution < -0.4 is 10.6 Å². The second-order valence-corrected chi connectivity index (χ2v) is 4.15. The van der Waals surface area contributed by atoms with Gasteiger partial charge in [0, 0.05) is 33.7 Å². The van der Waals surface area contributed by atoms with Crippen LogP contribution in [0.5, 0.6) is 0 Å². The first-order valence-corrected chi connectivity index (χ1v) is 6.26. The van der Waals surface area contributed by atoms with Gasteiger partial charge in [-0.15, -0.1) is 12.4 Å². The van der Waals surface area contributed by atoms with Crippen molar-refractivity contribution in [2.45, 2.75) is 19.3 Å². The third-order valence-corrected chi connectivity index (χ3v) is 2.47. The molecule has 0 aliphatic rings. The highest BCUT2D eigenvalue weighted by Gasteiger charge is 2.11. The number of likely N-dealkylation sites (N-methyl/N-ethyl adjacent to an activating group) is 1. The van der Waals surface area contributed by atoms with E-state index in [1.54, 1.807) is 14.2 Å². The maximum absolute atomic E-state index is 11.6. The first-order valence-electron chi connectivity index (χ1n) is 6.26. The number of halogens is 1. The van der Waals surface area contributed by atoms with Crippen molar-refractivity contribution < 1.29 is 14.3 Å². The Morgan fingerprint density at radius 2 is 1.89 bits per heavy atom. The molecule has 0 aromatic rings. The molecule has 0 fully saturated rings. The average molecular weight is 296 g/mol. The standard InChI is InChI=1S/C12H25N3O3.ClH/c1-13-7-4-6-12(17)15(2)10-11(16)14-8-5-9-18-3;/h13H,4-10H2,1-3H3,(H,14,16);1H. The second kappa shape index (κ2) is 13.6. The van der Waals surface area contributed by atoms with Gasteiger partial charge in [-0.05, 0) is 26.4 Å². The van der Waals surface area contributed by atoms with Gasteiger partial charge in [0.2, 0.25) is 11.8 Å². The lowest BCUT2D eigenvalue weighted by Gasteiger charge is -2.16. The summed E-state index contributed by atoms with van der Waals surface area (Å²) in [4.78, 5) is 24.6. The molecule has 0 saturated carbocycles. The molecular weight excluding hydrogens is 270 g/mol. The molecule has 0 aromatic carbocycles. The molecule has 0 heterocycles. The van der Waals surface area contributed by atoms with Crippen LogP contribution in [-0.4, -0.2) is 64.2 Å². The maximum Gasteiger partial charge on any atom is 0.239 e. The molecule has 0 bridgehead atoms. The second-order valence-electron chi connectivity index (χ2n) is 4.15. The van der Waals surface area contributed by atoms with Crippen LogP contribution in [0, 0.1) is 0 Å². The van der Waals surface area contributed by atoms with Gasteiger partial charge >= 0.3 is 0 Å². The Balaban J connectivity index is 0. The van der Waals surface area contributed by atoms with Crippen LogP contribution in [0.15, 0.2) is 0 Å². The van der Waals surface area contributed by atoms with E-state index in [-0.39, 0.29) is 30.8 Å². The highest BCUT2D eigenvalue weighted by Crippen LogP contribution is 1.94. The number of rotatable bonds is 10. The number of methoxy groups -OCH3 is 1. The lowest BCUT2D eigenvalue weighted by atomic mass is 10.3. The molecule has 7 heteroatoms. The third-order valence-electron chi connectivity index (χ3n) is 2.47. The minimum absolute atomic E-state index is 0. The highest BCUT2D eigenvalue weighted by molar-refractivity contribution is 5.85. The van der Waals surface area contributed by atoms with Gasteiger partial charge in [0.05, 0.1) is 6.54 Å². The Hall–Kier alpha value is -0.850. The van der Waals surface area contributed by atoms with Crippen molar-refractivity contribution in [2.24, 2.45) is 0 Å². The first kappa shape index (κ1) is 20.5. The topological polar surface area (TPSA) is 70.7 Å². The SMILES string of the molecule is CNCCCC(=O)N(C)CC(=O)NCCCOC.Cl. The smallest absolute Gasteiger partial charge is 0.239 e. The van der Waals surface area contributed by atoms with Gasteiger partial charge in [0.15, 0.2) is 0 Å². The highest BCUT2D eigenvalue weighted by atomic mass is 35.5. The molecule has 19 heavy (non-hydrogen) atoms. The minimum atomic E-state index is -0.129. The zero-order valence-electron chi connectivity index (χ0n) is 12.0. The summed E-state index contributed by atoms with van der Waals surface area (Å²) in [5.74, 6) is -0.132. The molecule has 0 unspecified atom stereocenters. The Kier molecular flexibility index (Phi) is 14.6. The van der Waals surface area contributed by atoms with Crippen molar-refractivity contribution in [2.75, 3.05) is 47.4 Å². The summed E-state index contributed by atoms with van der Waals surface area (Å²) in [6.07, 6.45) is 2.03. The molecule has 0 spiro atoms. The number of nitrogens with one attached hydrogen (secondary N) is 2. The number of carbonyl (C=O) groups excluding carboxylic acids is 2. The monoisotopic (exact) mass is 295 g/mol. The van der Waals surface area contributed by atoms with Crippen molar-refractivity contribution in [3.05, 3.63) is 0 Å². The van der Waals surface area contributed by atoms with Crippen LogP contribution >= 0.6 is 12.4 Å². The van der Waals surface area contributed by atoms with E-state index < -0.39 is 0 Å². The Morgan fingerprint density at radius 1 is 1.21 bits per heavy atom. The minimum Gasteiger partial charge on any atom is -0.385 e. The van der Waals surface area contributed by atoms with E-state index in [9.17, 15) is 9.59 Å². The van der Waals surface area contributed by atoms with Crippen molar-refractivity contribution in [1.82, 2.24) is 15.5 Å². The Bertz CT molecular complexity index is 252. The summed E-state index contributed by atoms with van der Waals surface area (Å²) in [5.41, 5.74) is 0. The predicted octanol–water partition coefficient (Wildman–Crippen LogP) is 0.0189. The quantitative estimate of drug-likeness (QED) is 0.558. The summed E-state index contributed by atoms with van der Waals surface area (Å²) in [6.45, 7) is 2.13. The van der Waals surface area contributed by atoms with Crippen molar-refractivity contribution in [1.29, 1.82) is 0 Å². The van der Waals surface area contributed by atoms with Crippen molar-refractivity contribution in [3.8, 4) is 0 Å². The summed E-state index contributed by atoms with van der Waals surface area (Å²) in [6, 6.07) is 0. The normalized spacial score (nSPS) is 9.63. The molecule has 0 aliphatic heterocycles. The summed E-state index contributed by atoms with van der Waals surface area (Å²) < 4.78 is 4.88. The molecular formula is C12H26ClN3O3. The van der Waals surface area contributed by atoms with E-state index in [2.05, 4.69) is 10.6 Å².